The summed E-state index contributed by atoms with van der Waals surface area (Å²) in [5, 5.41) is 11.0. The molecule has 1 N–H and O–H groups in total. The number of allylic oxidation sites excluding steroid dienone is 1. The van der Waals surface area contributed by atoms with Gasteiger partial charge >= 0.3 is 0 Å². The van der Waals surface area contributed by atoms with Gasteiger partial charge in [-0.15, -0.1) is 0 Å². The Balaban J connectivity index is 1.84. The lowest BCUT2D eigenvalue weighted by Gasteiger charge is -2.17. The fourth-order valence-corrected chi connectivity index (χ4v) is 3.70. The highest BCUT2D eigenvalue weighted by atomic mass is 35.5. The normalized spacial score (nSPS) is 13.5. The molecule has 0 saturated heterocycles. The van der Waals surface area contributed by atoms with E-state index >= 15 is 0 Å². The quantitative estimate of drug-likeness (QED) is 0.570. The Bertz CT molecular complexity index is 1090. The number of halogens is 2. The van der Waals surface area contributed by atoms with Crippen LogP contribution in [0.15, 0.2) is 83.6 Å². The maximum Gasteiger partial charge on any atom is 0.115 e. The first kappa shape index (κ1) is 18.6. The standard InChI is InChI=1S/C23H18Cl2N2O/c1-27-14-19(12-15-3-2-4-17(24)11-15)26-23(16-5-8-20(28)9-6-16)21-13-18(25)7-10-22(21)27/h2-11,13-14,28H,12H2,1H3. The van der Waals surface area contributed by atoms with Crippen molar-refractivity contribution in [1.29, 1.82) is 0 Å². The number of aliphatic imine (C=N–C) groups is 1. The zero-order valence-electron chi connectivity index (χ0n) is 15.2. The molecule has 0 aromatic heterocycles. The highest BCUT2D eigenvalue weighted by Crippen LogP contribution is 2.31. The van der Waals surface area contributed by atoms with Gasteiger partial charge in [-0.2, -0.15) is 0 Å². The molecule has 28 heavy (non-hydrogen) atoms. The van der Waals surface area contributed by atoms with Crippen molar-refractivity contribution in [2.24, 2.45) is 4.99 Å². The molecule has 1 aliphatic rings. The predicted octanol–water partition coefficient (Wildman–Crippen LogP) is 6.07. The predicted molar refractivity (Wildman–Crippen MR) is 117 cm³/mol. The Hall–Kier alpha value is -2.75. The lowest BCUT2D eigenvalue weighted by molar-refractivity contribution is 0.475. The van der Waals surface area contributed by atoms with Crippen LogP contribution in [0.25, 0.3) is 0 Å². The van der Waals surface area contributed by atoms with Crippen molar-refractivity contribution in [3.05, 3.63) is 105 Å². The van der Waals surface area contributed by atoms with Crippen LogP contribution in [0, 0.1) is 0 Å². The molecule has 3 aromatic rings. The Morgan fingerprint density at radius 2 is 1.68 bits per heavy atom. The highest BCUT2D eigenvalue weighted by molar-refractivity contribution is 6.31. The number of fused-ring (bicyclic) bond motifs is 1. The summed E-state index contributed by atoms with van der Waals surface area (Å²) in [6.07, 6.45) is 2.68. The average molecular weight is 409 g/mol. The molecule has 4 rings (SSSR count). The molecule has 0 atom stereocenters. The summed E-state index contributed by atoms with van der Waals surface area (Å²) < 4.78 is 0. The Kier molecular flexibility index (Phi) is 5.12. The summed E-state index contributed by atoms with van der Waals surface area (Å²) in [7, 11) is 2.00. The molecule has 1 heterocycles. The maximum absolute atomic E-state index is 9.67. The van der Waals surface area contributed by atoms with Gasteiger partial charge in [-0.1, -0.05) is 35.3 Å². The second-order valence-corrected chi connectivity index (χ2v) is 7.58. The molecule has 0 saturated carbocycles. The average Bonchev–Trinajstić information content (AvgIpc) is 2.79. The largest absolute Gasteiger partial charge is 0.508 e. The number of nitrogens with zero attached hydrogens (tertiary/aromatic N) is 2. The van der Waals surface area contributed by atoms with Gasteiger partial charge in [0.25, 0.3) is 0 Å². The minimum Gasteiger partial charge on any atom is -0.508 e. The lowest BCUT2D eigenvalue weighted by atomic mass is 10.00. The number of hydrogen-bond donors (Lipinski definition) is 1. The molecule has 3 aromatic carbocycles. The summed E-state index contributed by atoms with van der Waals surface area (Å²) in [4.78, 5) is 7.04. The van der Waals surface area contributed by atoms with E-state index in [9.17, 15) is 5.11 Å². The third kappa shape index (κ3) is 3.91. The van der Waals surface area contributed by atoms with E-state index in [0.29, 0.717) is 16.5 Å². The molecule has 0 amide bonds. The fourth-order valence-electron chi connectivity index (χ4n) is 3.31. The number of rotatable bonds is 3. The van der Waals surface area contributed by atoms with Crippen molar-refractivity contribution >= 4 is 34.6 Å². The van der Waals surface area contributed by atoms with E-state index in [4.69, 9.17) is 28.2 Å². The molecule has 5 heteroatoms. The number of hydrogen-bond acceptors (Lipinski definition) is 3. The van der Waals surface area contributed by atoms with E-state index in [1.165, 1.54) is 0 Å². The smallest absolute Gasteiger partial charge is 0.115 e. The monoisotopic (exact) mass is 408 g/mol. The van der Waals surface area contributed by atoms with Crippen molar-refractivity contribution in [2.45, 2.75) is 6.42 Å². The van der Waals surface area contributed by atoms with Gasteiger partial charge in [-0.05, 0) is 60.2 Å². The van der Waals surface area contributed by atoms with Gasteiger partial charge in [0.15, 0.2) is 0 Å². The summed E-state index contributed by atoms with van der Waals surface area (Å²) in [5.41, 5.74) is 5.67. The molecule has 0 aliphatic carbocycles. The van der Waals surface area contributed by atoms with Gasteiger partial charge in [0, 0.05) is 40.8 Å². The molecule has 3 nitrogen and oxygen atoms in total. The van der Waals surface area contributed by atoms with Crippen molar-refractivity contribution in [2.75, 3.05) is 11.9 Å². The minimum absolute atomic E-state index is 0.219. The third-order valence-corrected chi connectivity index (χ3v) is 5.08. The minimum atomic E-state index is 0.219. The van der Waals surface area contributed by atoms with Crippen LogP contribution in [0.1, 0.15) is 16.7 Å². The van der Waals surface area contributed by atoms with Crippen LogP contribution in [-0.2, 0) is 6.42 Å². The van der Waals surface area contributed by atoms with Crippen molar-refractivity contribution in [1.82, 2.24) is 0 Å². The first-order chi connectivity index (χ1) is 13.5. The van der Waals surface area contributed by atoms with Crippen LogP contribution in [0.3, 0.4) is 0 Å². The molecular weight excluding hydrogens is 391 g/mol. The molecular formula is C23H18Cl2N2O. The first-order valence-electron chi connectivity index (χ1n) is 8.85. The Labute approximate surface area is 174 Å². The topological polar surface area (TPSA) is 35.8 Å². The van der Waals surface area contributed by atoms with Crippen LogP contribution >= 0.6 is 23.2 Å². The maximum atomic E-state index is 9.67. The zero-order valence-corrected chi connectivity index (χ0v) is 16.7. The number of aromatic hydroxyl groups is 1. The van der Waals surface area contributed by atoms with E-state index in [2.05, 4.69) is 4.90 Å². The summed E-state index contributed by atoms with van der Waals surface area (Å²) in [6.45, 7) is 0. The zero-order chi connectivity index (χ0) is 19.7. The lowest BCUT2D eigenvalue weighted by Crippen LogP contribution is -2.12. The van der Waals surface area contributed by atoms with Crippen LogP contribution < -0.4 is 4.90 Å². The first-order valence-corrected chi connectivity index (χ1v) is 9.61. The van der Waals surface area contributed by atoms with Gasteiger partial charge in [0.2, 0.25) is 0 Å². The van der Waals surface area contributed by atoms with Gasteiger partial charge in [0.1, 0.15) is 5.75 Å². The fraction of sp³-hybridized carbons (Fsp3) is 0.0870. The third-order valence-electron chi connectivity index (χ3n) is 4.61. The van der Waals surface area contributed by atoms with Crippen molar-refractivity contribution in [3.8, 4) is 5.75 Å². The van der Waals surface area contributed by atoms with Gasteiger partial charge in [0.05, 0.1) is 17.1 Å². The van der Waals surface area contributed by atoms with Gasteiger partial charge in [-0.25, -0.2) is 0 Å². The molecule has 0 spiro atoms. The number of phenols is 1. The summed E-state index contributed by atoms with van der Waals surface area (Å²) >= 11 is 12.4. The molecule has 0 fully saturated rings. The summed E-state index contributed by atoms with van der Waals surface area (Å²) in [6, 6.07) is 20.6. The van der Waals surface area contributed by atoms with Crippen LogP contribution in [0.2, 0.25) is 10.0 Å². The van der Waals surface area contributed by atoms with Crippen molar-refractivity contribution in [3.63, 3.8) is 0 Å². The molecule has 1 aliphatic heterocycles. The van der Waals surface area contributed by atoms with E-state index in [-0.39, 0.29) is 5.75 Å². The number of benzene rings is 3. The van der Waals surface area contributed by atoms with E-state index < -0.39 is 0 Å². The highest BCUT2D eigenvalue weighted by Gasteiger charge is 2.19. The van der Waals surface area contributed by atoms with Crippen LogP contribution in [0.4, 0.5) is 5.69 Å². The van der Waals surface area contributed by atoms with Crippen molar-refractivity contribution < 1.29 is 5.11 Å². The van der Waals surface area contributed by atoms with Crippen LogP contribution in [0.5, 0.6) is 5.75 Å². The SMILES string of the molecule is CN1C=C(Cc2cccc(Cl)c2)N=C(c2ccc(O)cc2)c2cc(Cl)ccc21. The molecule has 0 bridgehead atoms. The van der Waals surface area contributed by atoms with E-state index in [1.54, 1.807) is 12.1 Å². The number of anilines is 1. The van der Waals surface area contributed by atoms with Crippen LogP contribution in [-0.4, -0.2) is 17.9 Å². The second-order valence-electron chi connectivity index (χ2n) is 6.71. The Morgan fingerprint density at radius 3 is 2.43 bits per heavy atom. The summed E-state index contributed by atoms with van der Waals surface area (Å²) in [5.74, 6) is 0.219. The van der Waals surface area contributed by atoms with Gasteiger partial charge < -0.3 is 10.0 Å². The molecule has 140 valence electrons. The van der Waals surface area contributed by atoms with Gasteiger partial charge in [-0.3, -0.25) is 4.99 Å². The van der Waals surface area contributed by atoms with E-state index in [1.807, 2.05) is 67.8 Å². The Morgan fingerprint density at radius 1 is 0.929 bits per heavy atom. The second kappa shape index (κ2) is 7.70. The molecule has 0 radical (unpaired) electrons. The number of phenolic OH excluding ortho intramolecular Hbond substituents is 1. The molecule has 0 unspecified atom stereocenters. The van der Waals surface area contributed by atoms with E-state index in [0.717, 1.165) is 33.8 Å².